The van der Waals surface area contributed by atoms with Crippen molar-refractivity contribution in [3.8, 4) is 16.9 Å². The summed E-state index contributed by atoms with van der Waals surface area (Å²) in [5, 5.41) is 3.00. The van der Waals surface area contributed by atoms with E-state index in [1.165, 1.54) is 0 Å². The molecule has 0 spiro atoms. The van der Waals surface area contributed by atoms with Crippen LogP contribution in [0.4, 0.5) is 0 Å². The Balaban J connectivity index is 1.38. The number of pyridine rings is 1. The molecule has 164 valence electrons. The van der Waals surface area contributed by atoms with Crippen LogP contribution in [0.5, 0.6) is 5.75 Å². The number of nitrogens with zero attached hydrogens (tertiary/aromatic N) is 2. The molecule has 0 radical (unpaired) electrons. The minimum Gasteiger partial charge on any atom is -0.497 e. The highest BCUT2D eigenvalue weighted by Gasteiger charge is 2.34. The zero-order valence-corrected chi connectivity index (χ0v) is 18.2. The quantitative estimate of drug-likeness (QED) is 0.621. The molecule has 1 aromatic heterocycles. The average molecular weight is 430 g/mol. The van der Waals surface area contributed by atoms with Gasteiger partial charge in [-0.2, -0.15) is 0 Å². The number of carbonyl (C=O) groups is 2. The minimum absolute atomic E-state index is 0.0900. The predicted molar refractivity (Wildman–Crippen MR) is 123 cm³/mol. The zero-order chi connectivity index (χ0) is 22.3. The van der Waals surface area contributed by atoms with Gasteiger partial charge in [-0.15, -0.1) is 0 Å². The Morgan fingerprint density at radius 2 is 1.91 bits per heavy atom. The van der Waals surface area contributed by atoms with Crippen LogP contribution in [0.2, 0.25) is 0 Å². The highest BCUT2D eigenvalue weighted by Crippen LogP contribution is 2.24. The summed E-state index contributed by atoms with van der Waals surface area (Å²) < 4.78 is 5.17. The Kier molecular flexibility index (Phi) is 6.80. The second kappa shape index (κ2) is 10.1. The molecule has 0 saturated carbocycles. The maximum atomic E-state index is 13.2. The molecular formula is C26H27N3O3. The van der Waals surface area contributed by atoms with Gasteiger partial charge in [0, 0.05) is 36.6 Å². The van der Waals surface area contributed by atoms with Gasteiger partial charge in [0.25, 0.3) is 5.91 Å². The second-order valence-electron chi connectivity index (χ2n) is 7.87. The number of aromatic nitrogens is 1. The number of benzene rings is 2. The fraction of sp³-hybridized carbons (Fsp3) is 0.269. The van der Waals surface area contributed by atoms with Crippen LogP contribution in [0.3, 0.4) is 0 Å². The van der Waals surface area contributed by atoms with Crippen molar-refractivity contribution in [2.45, 2.75) is 25.3 Å². The van der Waals surface area contributed by atoms with Crippen molar-refractivity contribution < 1.29 is 14.3 Å². The molecule has 2 heterocycles. The lowest BCUT2D eigenvalue weighted by Crippen LogP contribution is -2.46. The van der Waals surface area contributed by atoms with Gasteiger partial charge in [-0.1, -0.05) is 30.3 Å². The average Bonchev–Trinajstić information content (AvgIpc) is 3.35. The predicted octanol–water partition coefficient (Wildman–Crippen LogP) is 3.72. The van der Waals surface area contributed by atoms with E-state index in [-0.39, 0.29) is 11.8 Å². The van der Waals surface area contributed by atoms with Gasteiger partial charge in [0.1, 0.15) is 11.8 Å². The molecule has 32 heavy (non-hydrogen) atoms. The summed E-state index contributed by atoms with van der Waals surface area (Å²) in [4.78, 5) is 31.9. The Morgan fingerprint density at radius 3 is 2.66 bits per heavy atom. The van der Waals surface area contributed by atoms with Gasteiger partial charge >= 0.3 is 0 Å². The summed E-state index contributed by atoms with van der Waals surface area (Å²) in [7, 11) is 1.64. The van der Waals surface area contributed by atoms with Gasteiger partial charge in [-0.3, -0.25) is 14.6 Å². The molecule has 1 atom stereocenters. The second-order valence-corrected chi connectivity index (χ2v) is 7.87. The summed E-state index contributed by atoms with van der Waals surface area (Å²) >= 11 is 0. The lowest BCUT2D eigenvalue weighted by molar-refractivity contribution is -0.124. The molecular weight excluding hydrogens is 402 g/mol. The first kappa shape index (κ1) is 21.6. The molecule has 4 rings (SSSR count). The highest BCUT2D eigenvalue weighted by molar-refractivity contribution is 5.98. The first-order valence-corrected chi connectivity index (χ1v) is 10.9. The molecule has 1 saturated heterocycles. The Morgan fingerprint density at radius 1 is 1.09 bits per heavy atom. The van der Waals surface area contributed by atoms with Gasteiger partial charge in [-0.05, 0) is 60.7 Å². The van der Waals surface area contributed by atoms with Gasteiger partial charge < -0.3 is 15.0 Å². The molecule has 1 aliphatic rings. The number of amides is 2. The number of methoxy groups -OCH3 is 1. The van der Waals surface area contributed by atoms with E-state index in [2.05, 4.69) is 10.3 Å². The molecule has 1 fully saturated rings. The van der Waals surface area contributed by atoms with E-state index in [1.54, 1.807) is 30.5 Å². The number of nitrogens with one attached hydrogen (secondary N) is 1. The summed E-state index contributed by atoms with van der Waals surface area (Å²) in [5.41, 5.74) is 3.60. The summed E-state index contributed by atoms with van der Waals surface area (Å²) in [6.45, 7) is 1.12. The first-order chi connectivity index (χ1) is 15.7. The standard InChI is InChI=1S/C26H27N3O3/c1-32-23-11-9-19(10-12-23)13-15-28-25(30)24-8-4-16-29(24)26(31)21-6-2-5-20(17-21)22-7-3-14-27-18-22/h2-3,5-7,9-12,14,17-18,24H,4,8,13,15-16H2,1H3,(H,28,30). The fourth-order valence-electron chi connectivity index (χ4n) is 4.05. The third-order valence-electron chi connectivity index (χ3n) is 5.79. The fourth-order valence-corrected chi connectivity index (χ4v) is 4.05. The first-order valence-electron chi connectivity index (χ1n) is 10.9. The van der Waals surface area contributed by atoms with Crippen LogP contribution >= 0.6 is 0 Å². The molecule has 6 nitrogen and oxygen atoms in total. The van der Waals surface area contributed by atoms with Crippen molar-refractivity contribution >= 4 is 11.8 Å². The van der Waals surface area contributed by atoms with E-state index < -0.39 is 6.04 Å². The van der Waals surface area contributed by atoms with Crippen LogP contribution in [-0.2, 0) is 11.2 Å². The molecule has 2 amide bonds. The SMILES string of the molecule is COc1ccc(CCNC(=O)C2CCCN2C(=O)c2cccc(-c3cccnc3)c2)cc1. The number of hydrogen-bond acceptors (Lipinski definition) is 4. The molecule has 2 aromatic carbocycles. The summed E-state index contributed by atoms with van der Waals surface area (Å²) in [5.74, 6) is 0.613. The Hall–Kier alpha value is -3.67. The Bertz CT molecular complexity index is 1070. The van der Waals surface area contributed by atoms with Gasteiger partial charge in [0.05, 0.1) is 7.11 Å². The molecule has 1 N–H and O–H groups in total. The monoisotopic (exact) mass is 429 g/mol. The number of rotatable bonds is 7. The van der Waals surface area contributed by atoms with E-state index >= 15 is 0 Å². The molecule has 0 aliphatic carbocycles. The van der Waals surface area contributed by atoms with E-state index in [0.29, 0.717) is 25.1 Å². The summed E-state index contributed by atoms with van der Waals surface area (Å²) in [6, 6.07) is 18.7. The van der Waals surface area contributed by atoms with Gasteiger partial charge in [0.15, 0.2) is 0 Å². The number of hydrogen-bond donors (Lipinski definition) is 1. The van der Waals surface area contributed by atoms with Crippen molar-refractivity contribution in [2.24, 2.45) is 0 Å². The van der Waals surface area contributed by atoms with Crippen molar-refractivity contribution in [2.75, 3.05) is 20.2 Å². The van der Waals surface area contributed by atoms with E-state index in [9.17, 15) is 9.59 Å². The van der Waals surface area contributed by atoms with Crippen LogP contribution < -0.4 is 10.1 Å². The normalized spacial score (nSPS) is 15.4. The molecule has 1 unspecified atom stereocenters. The third kappa shape index (κ3) is 4.97. The Labute approximate surface area is 188 Å². The van der Waals surface area contributed by atoms with E-state index in [1.807, 2.05) is 54.6 Å². The van der Waals surface area contributed by atoms with Crippen LogP contribution in [0.1, 0.15) is 28.8 Å². The van der Waals surface area contributed by atoms with Crippen LogP contribution in [0, 0.1) is 0 Å². The van der Waals surface area contributed by atoms with Crippen LogP contribution in [0.25, 0.3) is 11.1 Å². The topological polar surface area (TPSA) is 71.5 Å². The summed E-state index contributed by atoms with van der Waals surface area (Å²) in [6.07, 6.45) is 5.73. The smallest absolute Gasteiger partial charge is 0.254 e. The van der Waals surface area contributed by atoms with Crippen LogP contribution in [-0.4, -0.2) is 47.9 Å². The highest BCUT2D eigenvalue weighted by atomic mass is 16.5. The van der Waals surface area contributed by atoms with Gasteiger partial charge in [-0.25, -0.2) is 0 Å². The van der Waals surface area contributed by atoms with E-state index in [4.69, 9.17) is 4.74 Å². The van der Waals surface area contributed by atoms with Crippen molar-refractivity contribution in [3.63, 3.8) is 0 Å². The van der Waals surface area contributed by atoms with Crippen molar-refractivity contribution in [1.29, 1.82) is 0 Å². The zero-order valence-electron chi connectivity index (χ0n) is 18.2. The van der Waals surface area contributed by atoms with Crippen LogP contribution in [0.15, 0.2) is 73.1 Å². The number of ether oxygens (including phenoxy) is 1. The van der Waals surface area contributed by atoms with Gasteiger partial charge in [0.2, 0.25) is 5.91 Å². The lowest BCUT2D eigenvalue weighted by atomic mass is 10.0. The largest absolute Gasteiger partial charge is 0.497 e. The molecule has 1 aliphatic heterocycles. The lowest BCUT2D eigenvalue weighted by Gasteiger charge is -2.24. The molecule has 6 heteroatoms. The minimum atomic E-state index is -0.430. The maximum Gasteiger partial charge on any atom is 0.254 e. The number of likely N-dealkylation sites (tertiary alicyclic amines) is 1. The number of carbonyl (C=O) groups excluding carboxylic acids is 2. The van der Waals surface area contributed by atoms with E-state index in [0.717, 1.165) is 35.3 Å². The molecule has 3 aromatic rings. The van der Waals surface area contributed by atoms with Crippen molar-refractivity contribution in [1.82, 2.24) is 15.2 Å². The molecule has 0 bridgehead atoms. The third-order valence-corrected chi connectivity index (χ3v) is 5.79. The van der Waals surface area contributed by atoms with Crippen molar-refractivity contribution in [3.05, 3.63) is 84.2 Å². The maximum absolute atomic E-state index is 13.2.